The number of rotatable bonds is 2. The first-order valence-electron chi connectivity index (χ1n) is 6.13. The second-order valence-electron chi connectivity index (χ2n) is 4.68. The molecule has 1 fully saturated rings. The Labute approximate surface area is 101 Å². The standard InChI is InChI=1S/C12H19N3O2/c1-15-8-13-7-10(15)12(17)14-9-5-3-2-4-6-11(9)16/h7-9,11,16H,2-6H2,1H3,(H,14,17). The number of hydrogen-bond donors (Lipinski definition) is 2. The third kappa shape index (κ3) is 2.85. The van der Waals surface area contributed by atoms with Crippen molar-refractivity contribution < 1.29 is 9.90 Å². The number of aryl methyl sites for hydroxylation is 1. The topological polar surface area (TPSA) is 67.2 Å². The summed E-state index contributed by atoms with van der Waals surface area (Å²) in [5.74, 6) is -0.157. The number of aromatic nitrogens is 2. The number of hydrogen-bond acceptors (Lipinski definition) is 3. The maximum Gasteiger partial charge on any atom is 0.269 e. The van der Waals surface area contributed by atoms with Crippen molar-refractivity contribution in [2.45, 2.75) is 44.2 Å². The molecule has 0 aliphatic heterocycles. The van der Waals surface area contributed by atoms with E-state index in [4.69, 9.17) is 0 Å². The number of nitrogens with one attached hydrogen (secondary N) is 1. The number of carbonyl (C=O) groups is 1. The fraction of sp³-hybridized carbons (Fsp3) is 0.667. The van der Waals surface area contributed by atoms with E-state index >= 15 is 0 Å². The molecule has 1 heterocycles. The van der Waals surface area contributed by atoms with Gasteiger partial charge in [-0.1, -0.05) is 19.3 Å². The van der Waals surface area contributed by atoms with Gasteiger partial charge in [0.15, 0.2) is 0 Å². The maximum atomic E-state index is 12.0. The highest BCUT2D eigenvalue weighted by molar-refractivity contribution is 5.92. The van der Waals surface area contributed by atoms with Gasteiger partial charge < -0.3 is 15.0 Å². The highest BCUT2D eigenvalue weighted by Gasteiger charge is 2.24. The maximum absolute atomic E-state index is 12.0. The van der Waals surface area contributed by atoms with E-state index < -0.39 is 6.10 Å². The van der Waals surface area contributed by atoms with Gasteiger partial charge in [-0.2, -0.15) is 0 Å². The lowest BCUT2D eigenvalue weighted by Crippen LogP contribution is -2.43. The number of nitrogens with zero attached hydrogens (tertiary/aromatic N) is 2. The molecule has 2 atom stereocenters. The Morgan fingerprint density at radius 1 is 1.47 bits per heavy atom. The molecule has 1 aliphatic rings. The van der Waals surface area contributed by atoms with Gasteiger partial charge in [0.1, 0.15) is 5.69 Å². The van der Waals surface area contributed by atoms with Gasteiger partial charge in [0.05, 0.1) is 24.7 Å². The van der Waals surface area contributed by atoms with Crippen LogP contribution in [-0.4, -0.2) is 32.7 Å². The van der Waals surface area contributed by atoms with Gasteiger partial charge in [-0.25, -0.2) is 4.98 Å². The second kappa shape index (κ2) is 5.31. The number of amides is 1. The van der Waals surface area contributed by atoms with Gasteiger partial charge in [-0.3, -0.25) is 4.79 Å². The molecule has 5 heteroatoms. The van der Waals surface area contributed by atoms with Crippen LogP contribution in [0.2, 0.25) is 0 Å². The molecule has 0 spiro atoms. The molecule has 0 radical (unpaired) electrons. The predicted octanol–water partition coefficient (Wildman–Crippen LogP) is 0.843. The van der Waals surface area contributed by atoms with Crippen molar-refractivity contribution >= 4 is 5.91 Å². The second-order valence-corrected chi connectivity index (χ2v) is 4.68. The minimum absolute atomic E-state index is 0.125. The summed E-state index contributed by atoms with van der Waals surface area (Å²) in [6.45, 7) is 0. The summed E-state index contributed by atoms with van der Waals surface area (Å²) in [6, 6.07) is -0.125. The third-order valence-corrected chi connectivity index (χ3v) is 3.35. The smallest absolute Gasteiger partial charge is 0.269 e. The Bertz CT molecular complexity index is 389. The van der Waals surface area contributed by atoms with Crippen molar-refractivity contribution in [2.24, 2.45) is 7.05 Å². The minimum atomic E-state index is -0.422. The number of carbonyl (C=O) groups excluding carboxylic acids is 1. The van der Waals surface area contributed by atoms with Gasteiger partial charge >= 0.3 is 0 Å². The number of imidazole rings is 1. The van der Waals surface area contributed by atoms with Crippen LogP contribution in [0.15, 0.2) is 12.5 Å². The summed E-state index contributed by atoms with van der Waals surface area (Å²) in [6.07, 6.45) is 7.58. The van der Waals surface area contributed by atoms with Crippen molar-refractivity contribution in [3.8, 4) is 0 Å². The van der Waals surface area contributed by atoms with Gasteiger partial charge in [0.25, 0.3) is 5.91 Å². The van der Waals surface area contributed by atoms with Crippen LogP contribution in [0.1, 0.15) is 42.6 Å². The quantitative estimate of drug-likeness (QED) is 0.749. The lowest BCUT2D eigenvalue weighted by Gasteiger charge is -2.21. The Morgan fingerprint density at radius 2 is 2.24 bits per heavy atom. The van der Waals surface area contributed by atoms with Gasteiger partial charge in [0, 0.05) is 7.05 Å². The monoisotopic (exact) mass is 237 g/mol. The summed E-state index contributed by atoms with van der Waals surface area (Å²) in [5, 5.41) is 12.8. The first-order chi connectivity index (χ1) is 8.18. The predicted molar refractivity (Wildman–Crippen MR) is 63.6 cm³/mol. The van der Waals surface area contributed by atoms with E-state index in [1.807, 2.05) is 0 Å². The Morgan fingerprint density at radius 3 is 2.94 bits per heavy atom. The summed E-state index contributed by atoms with van der Waals surface area (Å²) in [7, 11) is 1.78. The molecule has 1 aromatic heterocycles. The molecule has 1 aromatic rings. The molecular formula is C12H19N3O2. The zero-order valence-corrected chi connectivity index (χ0v) is 10.1. The average Bonchev–Trinajstić information content (AvgIpc) is 2.63. The van der Waals surface area contributed by atoms with Crippen molar-refractivity contribution in [1.82, 2.24) is 14.9 Å². The molecule has 2 unspecified atom stereocenters. The summed E-state index contributed by atoms with van der Waals surface area (Å²) >= 11 is 0. The van der Waals surface area contributed by atoms with Crippen molar-refractivity contribution in [3.05, 3.63) is 18.2 Å². The number of aliphatic hydroxyl groups is 1. The van der Waals surface area contributed by atoms with Crippen LogP contribution in [-0.2, 0) is 7.05 Å². The molecular weight excluding hydrogens is 218 g/mol. The zero-order valence-electron chi connectivity index (χ0n) is 10.1. The van der Waals surface area contributed by atoms with Crippen molar-refractivity contribution in [2.75, 3.05) is 0 Å². The normalized spacial score (nSPS) is 25.3. The van der Waals surface area contributed by atoms with E-state index in [1.165, 1.54) is 0 Å². The molecule has 0 saturated heterocycles. The Balaban J connectivity index is 2.00. The molecule has 1 aliphatic carbocycles. The molecule has 0 bridgehead atoms. The van der Waals surface area contributed by atoms with Crippen LogP contribution < -0.4 is 5.32 Å². The first-order valence-corrected chi connectivity index (χ1v) is 6.13. The highest BCUT2D eigenvalue weighted by Crippen LogP contribution is 2.18. The van der Waals surface area contributed by atoms with Crippen LogP contribution in [0.5, 0.6) is 0 Å². The van der Waals surface area contributed by atoms with Gasteiger partial charge in [-0.05, 0) is 12.8 Å². The Hall–Kier alpha value is -1.36. The van der Waals surface area contributed by atoms with Crippen LogP contribution in [0.3, 0.4) is 0 Å². The van der Waals surface area contributed by atoms with Crippen LogP contribution in [0.25, 0.3) is 0 Å². The summed E-state index contributed by atoms with van der Waals surface area (Å²) < 4.78 is 1.68. The molecule has 1 amide bonds. The van der Waals surface area contributed by atoms with E-state index in [-0.39, 0.29) is 11.9 Å². The van der Waals surface area contributed by atoms with E-state index in [0.717, 1.165) is 32.1 Å². The molecule has 2 rings (SSSR count). The molecule has 0 aromatic carbocycles. The first kappa shape index (κ1) is 12.1. The van der Waals surface area contributed by atoms with Crippen molar-refractivity contribution in [1.29, 1.82) is 0 Å². The van der Waals surface area contributed by atoms with E-state index in [0.29, 0.717) is 5.69 Å². The fourth-order valence-corrected chi connectivity index (χ4v) is 2.27. The molecule has 5 nitrogen and oxygen atoms in total. The van der Waals surface area contributed by atoms with Crippen LogP contribution in [0.4, 0.5) is 0 Å². The highest BCUT2D eigenvalue weighted by atomic mass is 16.3. The molecule has 17 heavy (non-hydrogen) atoms. The average molecular weight is 237 g/mol. The van der Waals surface area contributed by atoms with Gasteiger partial charge in [0.2, 0.25) is 0 Å². The molecule has 1 saturated carbocycles. The summed E-state index contributed by atoms with van der Waals surface area (Å²) in [5.41, 5.74) is 0.529. The van der Waals surface area contributed by atoms with E-state index in [1.54, 1.807) is 24.1 Å². The lowest BCUT2D eigenvalue weighted by atomic mass is 10.1. The van der Waals surface area contributed by atoms with Crippen LogP contribution >= 0.6 is 0 Å². The van der Waals surface area contributed by atoms with Crippen LogP contribution in [0, 0.1) is 0 Å². The van der Waals surface area contributed by atoms with E-state index in [9.17, 15) is 9.90 Å². The lowest BCUT2D eigenvalue weighted by molar-refractivity contribution is 0.0811. The SMILES string of the molecule is Cn1cncc1C(=O)NC1CCCCCC1O. The molecule has 94 valence electrons. The molecule has 2 N–H and O–H groups in total. The Kier molecular flexibility index (Phi) is 3.78. The zero-order chi connectivity index (χ0) is 12.3. The minimum Gasteiger partial charge on any atom is -0.391 e. The van der Waals surface area contributed by atoms with E-state index in [2.05, 4.69) is 10.3 Å². The summed E-state index contributed by atoms with van der Waals surface area (Å²) in [4.78, 5) is 15.9. The largest absolute Gasteiger partial charge is 0.391 e. The van der Waals surface area contributed by atoms with Gasteiger partial charge in [-0.15, -0.1) is 0 Å². The third-order valence-electron chi connectivity index (χ3n) is 3.35. The van der Waals surface area contributed by atoms with Crippen molar-refractivity contribution in [3.63, 3.8) is 0 Å². The number of aliphatic hydroxyl groups excluding tert-OH is 1. The fourth-order valence-electron chi connectivity index (χ4n) is 2.27.